The van der Waals surface area contributed by atoms with E-state index in [4.69, 9.17) is 0 Å². The average molecular weight is 444 g/mol. The summed E-state index contributed by atoms with van der Waals surface area (Å²) in [7, 11) is 4.51. The van der Waals surface area contributed by atoms with Gasteiger partial charge in [0, 0.05) is 0 Å². The van der Waals surface area contributed by atoms with Crippen LogP contribution in [0.5, 0.6) is 0 Å². The van der Waals surface area contributed by atoms with E-state index in [1.165, 1.54) is 0 Å². The topological polar surface area (TPSA) is 6.48 Å². The molecule has 0 saturated heterocycles. The van der Waals surface area contributed by atoms with E-state index in [0.717, 1.165) is 0 Å². The van der Waals surface area contributed by atoms with E-state index < -0.39 is 37.5 Å². The van der Waals surface area contributed by atoms with Crippen LogP contribution in [0.2, 0.25) is 0 Å². The summed E-state index contributed by atoms with van der Waals surface area (Å²) in [5.41, 5.74) is 0.672. The second-order valence-corrected chi connectivity index (χ2v) is 10.5. The molecule has 0 atom stereocenters. The zero-order valence-corrected chi connectivity index (χ0v) is 16.3. The molecule has 4 heteroatoms. The second-order valence-electron chi connectivity index (χ2n) is 5.56. The van der Waals surface area contributed by atoms with Gasteiger partial charge in [0.2, 0.25) is 0 Å². The van der Waals surface area contributed by atoms with Gasteiger partial charge in [-0.3, -0.25) is 0 Å². The molecule has 0 radical (unpaired) electrons. The molecule has 0 fully saturated rings. The summed E-state index contributed by atoms with van der Waals surface area (Å²) in [6.45, 7) is 13.7. The number of nitrogens with zero attached hydrogens (tertiary/aromatic N) is 2. The fraction of sp³-hybridized carbons (Fsp3) is 1.00. The minimum atomic E-state index is -0.797. The first-order chi connectivity index (χ1) is 5.55. The van der Waals surface area contributed by atoms with Crippen molar-refractivity contribution < 1.29 is 37.5 Å². The van der Waals surface area contributed by atoms with Crippen molar-refractivity contribution in [3.63, 3.8) is 0 Å². The molecule has 0 N–H and O–H groups in total. The van der Waals surface area contributed by atoms with Crippen molar-refractivity contribution in [2.75, 3.05) is 14.1 Å². The molecule has 0 rings (SSSR count). The van der Waals surface area contributed by atoms with E-state index in [-0.39, 0.29) is 24.0 Å². The van der Waals surface area contributed by atoms with Gasteiger partial charge in [-0.1, -0.05) is 0 Å². The maximum atomic E-state index is 2.55. The van der Waals surface area contributed by atoms with Crippen LogP contribution in [-0.2, 0) is 0 Å². The molecule has 2 nitrogen and oxygen atoms in total. The Kier molecular flexibility index (Phi) is 8.75. The Bertz CT molecular complexity index is 142. The summed E-state index contributed by atoms with van der Waals surface area (Å²) in [5, 5.41) is 0. The van der Waals surface area contributed by atoms with Crippen molar-refractivity contribution >= 4 is 24.0 Å². The van der Waals surface area contributed by atoms with Crippen LogP contribution in [0.1, 0.15) is 41.5 Å². The van der Waals surface area contributed by atoms with Crippen LogP contribution in [0.15, 0.2) is 0 Å². The van der Waals surface area contributed by atoms with Gasteiger partial charge in [-0.15, -0.1) is 24.0 Å². The first kappa shape index (κ1) is 18.4. The molecular weight excluding hydrogens is 419 g/mol. The van der Waals surface area contributed by atoms with Gasteiger partial charge in [-0.05, 0) is 0 Å². The Labute approximate surface area is 128 Å². The van der Waals surface area contributed by atoms with Gasteiger partial charge in [0.25, 0.3) is 0 Å². The fourth-order valence-corrected chi connectivity index (χ4v) is 3.89. The Morgan fingerprint density at radius 3 is 1.07 bits per heavy atom. The molecule has 0 bridgehead atoms. The number of rotatable bonds is 2. The molecule has 0 unspecified atom stereocenters. The molecule has 0 heterocycles. The number of halogens is 1. The van der Waals surface area contributed by atoms with E-state index in [0.29, 0.717) is 11.1 Å². The Balaban J connectivity index is 0. The maximum absolute atomic E-state index is 2.55. The first-order valence-electron chi connectivity index (χ1n) is 4.79. The standard InChI is InChI=1S/2C5H12N.HI.Nd/c2*1-5(2,3)6-4;;/h2*1-4H3;1H;/q2*-1;;+2. The van der Waals surface area contributed by atoms with E-state index in [1.54, 1.807) is 0 Å². The van der Waals surface area contributed by atoms with Crippen LogP contribution in [0.3, 0.4) is 0 Å². The molecule has 0 aromatic rings. The van der Waals surface area contributed by atoms with Gasteiger partial charge < -0.3 is 0 Å². The molecular formula is C10H25IN2Nd. The second kappa shape index (κ2) is 6.67. The van der Waals surface area contributed by atoms with Crippen molar-refractivity contribution in [3.05, 3.63) is 0 Å². The van der Waals surface area contributed by atoms with E-state index >= 15 is 0 Å². The SMILES string of the molecule is C[N]([Nd][N](C)C(C)(C)C)C(C)(C)C.I. The van der Waals surface area contributed by atoms with Crippen molar-refractivity contribution in [2.45, 2.75) is 52.6 Å². The van der Waals surface area contributed by atoms with Crippen LogP contribution in [-0.4, -0.2) is 27.1 Å². The predicted octanol–water partition coefficient (Wildman–Crippen LogP) is 2.98. The molecule has 0 aromatic heterocycles. The summed E-state index contributed by atoms with van der Waals surface area (Å²) in [6.07, 6.45) is 0. The van der Waals surface area contributed by atoms with E-state index in [2.05, 4.69) is 57.6 Å². The molecule has 0 amide bonds. The Morgan fingerprint density at radius 1 is 0.714 bits per heavy atom. The molecule has 0 saturated carbocycles. The summed E-state index contributed by atoms with van der Waals surface area (Å²) in [4.78, 5) is 0. The van der Waals surface area contributed by atoms with Gasteiger partial charge in [0.15, 0.2) is 0 Å². The molecule has 86 valence electrons. The van der Waals surface area contributed by atoms with E-state index in [1.807, 2.05) is 0 Å². The number of hydrogen-bond acceptors (Lipinski definition) is 2. The maximum Gasteiger partial charge on any atom is -0.107 e. The molecule has 0 spiro atoms. The molecule has 14 heavy (non-hydrogen) atoms. The van der Waals surface area contributed by atoms with Crippen LogP contribution < -0.4 is 0 Å². The normalized spacial score (nSPS) is 13.0. The minimum absolute atomic E-state index is 0. The van der Waals surface area contributed by atoms with Gasteiger partial charge in [0.1, 0.15) is 0 Å². The van der Waals surface area contributed by atoms with Crippen LogP contribution in [0, 0.1) is 37.5 Å². The monoisotopic (exact) mass is 442 g/mol. The van der Waals surface area contributed by atoms with Crippen LogP contribution in [0.25, 0.3) is 0 Å². The third-order valence-corrected chi connectivity index (χ3v) is 8.54. The summed E-state index contributed by atoms with van der Waals surface area (Å²) in [5.74, 6) is 0. The largest absolute Gasteiger partial charge is 0.107 e. The van der Waals surface area contributed by atoms with Gasteiger partial charge in [-0.2, -0.15) is 0 Å². The summed E-state index contributed by atoms with van der Waals surface area (Å²) in [6, 6.07) is 0. The van der Waals surface area contributed by atoms with Crippen molar-refractivity contribution in [2.24, 2.45) is 0 Å². The minimum Gasteiger partial charge on any atom is -0.107 e. The van der Waals surface area contributed by atoms with E-state index in [9.17, 15) is 0 Å². The van der Waals surface area contributed by atoms with Gasteiger partial charge in [-0.25, -0.2) is 0 Å². The predicted molar refractivity (Wildman–Crippen MR) is 70.4 cm³/mol. The molecule has 0 aliphatic heterocycles. The zero-order valence-electron chi connectivity index (χ0n) is 10.8. The zero-order chi connectivity index (χ0) is 10.9. The molecule has 0 aromatic carbocycles. The third-order valence-electron chi connectivity index (χ3n) is 2.31. The molecule has 0 aliphatic carbocycles. The third kappa shape index (κ3) is 7.30. The summed E-state index contributed by atoms with van der Waals surface area (Å²) >= 11 is -0.797. The van der Waals surface area contributed by atoms with Crippen molar-refractivity contribution in [1.82, 2.24) is 1.97 Å². The van der Waals surface area contributed by atoms with Crippen LogP contribution in [0.4, 0.5) is 0 Å². The Morgan fingerprint density at radius 2 is 0.929 bits per heavy atom. The van der Waals surface area contributed by atoms with Crippen LogP contribution >= 0.6 is 24.0 Å². The quantitative estimate of drug-likeness (QED) is 0.605. The first-order valence-corrected chi connectivity index (χ1v) is 7.66. The number of hydrogen-bond donors (Lipinski definition) is 0. The average Bonchev–Trinajstić information content (AvgIpc) is 1.82. The smallest absolute Gasteiger partial charge is 0.107 e. The summed E-state index contributed by atoms with van der Waals surface area (Å²) < 4.78 is 5.11. The van der Waals surface area contributed by atoms with Gasteiger partial charge >= 0.3 is 106 Å². The fourth-order valence-electron chi connectivity index (χ4n) is 0.525. The van der Waals surface area contributed by atoms with Crippen molar-refractivity contribution in [3.8, 4) is 0 Å². The van der Waals surface area contributed by atoms with Gasteiger partial charge in [0.05, 0.1) is 0 Å². The van der Waals surface area contributed by atoms with Crippen molar-refractivity contribution in [1.29, 1.82) is 0 Å². The Hall–Kier alpha value is 2.00. The molecule has 0 aliphatic rings.